The summed E-state index contributed by atoms with van der Waals surface area (Å²) in [7, 11) is 0. The van der Waals surface area contributed by atoms with Crippen LogP contribution < -0.4 is 10.9 Å². The Morgan fingerprint density at radius 2 is 1.93 bits per heavy atom. The van der Waals surface area contributed by atoms with Crippen LogP contribution in [0.3, 0.4) is 0 Å². The van der Waals surface area contributed by atoms with Crippen LogP contribution in [0.5, 0.6) is 0 Å². The van der Waals surface area contributed by atoms with Crippen molar-refractivity contribution >= 4 is 5.91 Å². The van der Waals surface area contributed by atoms with Gasteiger partial charge in [0.25, 0.3) is 5.56 Å². The molecule has 0 aliphatic rings. The zero-order valence-corrected chi connectivity index (χ0v) is 16.5. The molecule has 0 aliphatic carbocycles. The quantitative estimate of drug-likeness (QED) is 0.618. The Balaban J connectivity index is 1.64. The van der Waals surface area contributed by atoms with Gasteiger partial charge < -0.3 is 15.0 Å². The summed E-state index contributed by atoms with van der Waals surface area (Å²) >= 11 is 0. The van der Waals surface area contributed by atoms with E-state index in [1.807, 2.05) is 24.3 Å². The first kappa shape index (κ1) is 21.4. The van der Waals surface area contributed by atoms with E-state index in [0.29, 0.717) is 43.9 Å². The Morgan fingerprint density at radius 1 is 1.18 bits per heavy atom. The zero-order chi connectivity index (χ0) is 20.4. The predicted octanol–water partition coefficient (Wildman–Crippen LogP) is 2.56. The second-order valence-corrected chi connectivity index (χ2v) is 6.72. The number of hydrogen-bond donors (Lipinski definition) is 2. The summed E-state index contributed by atoms with van der Waals surface area (Å²) in [5, 5.41) is 12.0. The van der Waals surface area contributed by atoms with Crippen LogP contribution in [0.25, 0.3) is 0 Å². The average molecular weight is 381 g/mol. The van der Waals surface area contributed by atoms with Gasteiger partial charge in [-0.15, -0.1) is 0 Å². The number of ether oxygens (including phenoxy) is 1. The normalized spacial score (nSPS) is 10.5. The number of nitrogens with one attached hydrogen (secondary N) is 2. The molecule has 1 amide bonds. The van der Waals surface area contributed by atoms with E-state index in [4.69, 9.17) is 10.00 Å². The van der Waals surface area contributed by atoms with Gasteiger partial charge in [-0.3, -0.25) is 9.59 Å². The third kappa shape index (κ3) is 6.36. The topological polar surface area (TPSA) is 95.0 Å². The SMILES string of the molecule is Cc1[nH]c(=O)c(C#N)c(C)c1CCC(=O)NCCCOCCc1ccccc1. The van der Waals surface area contributed by atoms with Gasteiger partial charge in [-0.25, -0.2) is 0 Å². The van der Waals surface area contributed by atoms with Gasteiger partial charge in [-0.1, -0.05) is 30.3 Å². The standard InChI is InChI=1S/C22H27N3O3/c1-16-19(17(2)25-22(27)20(16)15-23)9-10-21(26)24-12-6-13-28-14-11-18-7-4-3-5-8-18/h3-5,7-8H,6,9-14H2,1-2H3,(H,24,26)(H,25,27). The van der Waals surface area contributed by atoms with E-state index in [9.17, 15) is 9.59 Å². The minimum absolute atomic E-state index is 0.0483. The molecule has 2 N–H and O–H groups in total. The van der Waals surface area contributed by atoms with Crippen molar-refractivity contribution in [3.05, 3.63) is 68.6 Å². The number of nitrogens with zero attached hydrogens (tertiary/aromatic N) is 1. The van der Waals surface area contributed by atoms with Gasteiger partial charge in [0.1, 0.15) is 11.6 Å². The maximum Gasteiger partial charge on any atom is 0.266 e. The number of aromatic amines is 1. The second-order valence-electron chi connectivity index (χ2n) is 6.72. The summed E-state index contributed by atoms with van der Waals surface area (Å²) in [5.41, 5.74) is 3.22. The van der Waals surface area contributed by atoms with Crippen molar-refractivity contribution in [1.82, 2.24) is 10.3 Å². The molecule has 2 rings (SSSR count). The van der Waals surface area contributed by atoms with Gasteiger partial charge in [0.15, 0.2) is 0 Å². The van der Waals surface area contributed by atoms with E-state index in [2.05, 4.69) is 22.4 Å². The average Bonchev–Trinajstić information content (AvgIpc) is 2.68. The van der Waals surface area contributed by atoms with Crippen LogP contribution in [-0.2, 0) is 22.4 Å². The Kier molecular flexibility index (Phi) is 8.44. The number of nitriles is 1. The van der Waals surface area contributed by atoms with Crippen LogP contribution in [0.15, 0.2) is 35.1 Å². The smallest absolute Gasteiger partial charge is 0.266 e. The third-order valence-corrected chi connectivity index (χ3v) is 4.69. The Bertz CT molecular complexity index is 882. The molecule has 0 spiro atoms. The lowest BCUT2D eigenvalue weighted by Crippen LogP contribution is -2.26. The van der Waals surface area contributed by atoms with Crippen LogP contribution in [0, 0.1) is 25.2 Å². The van der Waals surface area contributed by atoms with Gasteiger partial charge in [-0.2, -0.15) is 5.26 Å². The van der Waals surface area contributed by atoms with Gasteiger partial charge in [0, 0.05) is 25.3 Å². The molecule has 0 bridgehead atoms. The molecule has 0 unspecified atom stereocenters. The minimum Gasteiger partial charge on any atom is -0.381 e. The highest BCUT2D eigenvalue weighted by Gasteiger charge is 2.13. The molecule has 6 heteroatoms. The fourth-order valence-electron chi connectivity index (χ4n) is 3.09. The van der Waals surface area contributed by atoms with Crippen molar-refractivity contribution in [1.29, 1.82) is 5.26 Å². The number of pyridine rings is 1. The lowest BCUT2D eigenvalue weighted by molar-refractivity contribution is -0.121. The van der Waals surface area contributed by atoms with Crippen molar-refractivity contribution in [2.75, 3.05) is 19.8 Å². The number of carbonyl (C=O) groups is 1. The molecule has 0 radical (unpaired) electrons. The second kappa shape index (κ2) is 11.1. The minimum atomic E-state index is -0.377. The van der Waals surface area contributed by atoms with Crippen molar-refractivity contribution < 1.29 is 9.53 Å². The molecule has 0 aliphatic heterocycles. The molecule has 0 atom stereocenters. The lowest BCUT2D eigenvalue weighted by atomic mass is 9.99. The number of carbonyl (C=O) groups excluding carboxylic acids is 1. The van der Waals surface area contributed by atoms with Crippen LogP contribution in [-0.4, -0.2) is 30.6 Å². The summed E-state index contributed by atoms with van der Waals surface area (Å²) in [6.45, 7) is 5.38. The fraction of sp³-hybridized carbons (Fsp3) is 0.409. The van der Waals surface area contributed by atoms with Gasteiger partial charge in [0.2, 0.25) is 5.91 Å². The van der Waals surface area contributed by atoms with Crippen molar-refractivity contribution in [3.63, 3.8) is 0 Å². The van der Waals surface area contributed by atoms with Crippen LogP contribution in [0.2, 0.25) is 0 Å². The van der Waals surface area contributed by atoms with E-state index in [-0.39, 0.29) is 17.0 Å². The van der Waals surface area contributed by atoms with E-state index in [1.165, 1.54) is 5.56 Å². The summed E-state index contributed by atoms with van der Waals surface area (Å²) < 4.78 is 5.60. The summed E-state index contributed by atoms with van der Waals surface area (Å²) in [5.74, 6) is -0.0483. The molecule has 6 nitrogen and oxygen atoms in total. The van der Waals surface area contributed by atoms with Gasteiger partial charge >= 0.3 is 0 Å². The van der Waals surface area contributed by atoms with E-state index in [1.54, 1.807) is 13.8 Å². The van der Waals surface area contributed by atoms with Crippen molar-refractivity contribution in [3.8, 4) is 6.07 Å². The Morgan fingerprint density at radius 3 is 2.64 bits per heavy atom. The lowest BCUT2D eigenvalue weighted by Gasteiger charge is -2.11. The molecule has 148 valence electrons. The molecule has 0 saturated carbocycles. The molecule has 0 fully saturated rings. The first-order valence-electron chi connectivity index (χ1n) is 9.53. The number of H-pyrrole nitrogens is 1. The fourth-order valence-corrected chi connectivity index (χ4v) is 3.09. The molecule has 0 saturated heterocycles. The first-order valence-corrected chi connectivity index (χ1v) is 9.53. The third-order valence-electron chi connectivity index (χ3n) is 4.69. The highest BCUT2D eigenvalue weighted by molar-refractivity contribution is 5.76. The molecular formula is C22H27N3O3. The maximum absolute atomic E-state index is 12.0. The highest BCUT2D eigenvalue weighted by atomic mass is 16.5. The van der Waals surface area contributed by atoms with Crippen LogP contribution in [0.4, 0.5) is 0 Å². The number of hydrogen-bond acceptors (Lipinski definition) is 4. The molecule has 1 aromatic carbocycles. The molecule has 1 heterocycles. The summed E-state index contributed by atoms with van der Waals surface area (Å²) in [6, 6.07) is 12.1. The number of rotatable bonds is 10. The maximum atomic E-state index is 12.0. The number of aryl methyl sites for hydroxylation is 1. The summed E-state index contributed by atoms with van der Waals surface area (Å²) in [6.07, 6.45) is 2.45. The largest absolute Gasteiger partial charge is 0.381 e. The monoisotopic (exact) mass is 381 g/mol. The van der Waals surface area contributed by atoms with E-state index in [0.717, 1.165) is 18.4 Å². The number of benzene rings is 1. The van der Waals surface area contributed by atoms with E-state index >= 15 is 0 Å². The highest BCUT2D eigenvalue weighted by Crippen LogP contribution is 2.14. The Labute approximate surface area is 165 Å². The zero-order valence-electron chi connectivity index (χ0n) is 16.5. The van der Waals surface area contributed by atoms with Crippen molar-refractivity contribution in [2.24, 2.45) is 0 Å². The predicted molar refractivity (Wildman–Crippen MR) is 108 cm³/mol. The summed E-state index contributed by atoms with van der Waals surface area (Å²) in [4.78, 5) is 26.5. The van der Waals surface area contributed by atoms with E-state index < -0.39 is 0 Å². The van der Waals surface area contributed by atoms with Gasteiger partial charge in [-0.05, 0) is 49.8 Å². The molecule has 2 aromatic rings. The van der Waals surface area contributed by atoms with Gasteiger partial charge in [0.05, 0.1) is 6.61 Å². The van der Waals surface area contributed by atoms with Crippen LogP contribution >= 0.6 is 0 Å². The van der Waals surface area contributed by atoms with Crippen LogP contribution in [0.1, 0.15) is 40.8 Å². The molecular weight excluding hydrogens is 354 g/mol. The first-order chi connectivity index (χ1) is 13.5. The molecule has 28 heavy (non-hydrogen) atoms. The van der Waals surface area contributed by atoms with Crippen molar-refractivity contribution in [2.45, 2.75) is 39.5 Å². The number of amides is 1. The Hall–Kier alpha value is -2.91. The number of aromatic nitrogens is 1. The molecule has 1 aromatic heterocycles.